The lowest BCUT2D eigenvalue weighted by Gasteiger charge is -2.07. The number of nitrogens with zero attached hydrogens (tertiary/aromatic N) is 2. The number of hydrogen-bond acceptors (Lipinski definition) is 5. The highest BCUT2D eigenvalue weighted by molar-refractivity contribution is 6.41. The predicted octanol–water partition coefficient (Wildman–Crippen LogP) is 4.03. The van der Waals surface area contributed by atoms with E-state index < -0.39 is 0 Å². The van der Waals surface area contributed by atoms with Crippen molar-refractivity contribution in [3.8, 4) is 0 Å². The zero-order chi connectivity index (χ0) is 14.1. The first kappa shape index (κ1) is 13.9. The van der Waals surface area contributed by atoms with E-state index in [0.29, 0.717) is 39.2 Å². The van der Waals surface area contributed by atoms with Gasteiger partial charge in [0.05, 0.1) is 22.3 Å². The Morgan fingerprint density at radius 1 is 1.15 bits per heavy atom. The van der Waals surface area contributed by atoms with Crippen LogP contribution in [0.5, 0.6) is 0 Å². The number of nitrogens with one attached hydrogen (secondary N) is 2. The van der Waals surface area contributed by atoms with Crippen LogP contribution < -0.4 is 10.6 Å². The molecule has 1 heterocycles. The molecule has 106 valence electrons. The third kappa shape index (κ3) is 3.35. The van der Waals surface area contributed by atoms with Crippen LogP contribution >= 0.6 is 34.8 Å². The molecule has 1 saturated carbocycles. The van der Waals surface area contributed by atoms with E-state index in [-0.39, 0.29) is 6.01 Å². The molecule has 0 unspecified atom stereocenters. The van der Waals surface area contributed by atoms with Gasteiger partial charge in [-0.2, -0.15) is 0 Å². The molecule has 5 nitrogen and oxygen atoms in total. The van der Waals surface area contributed by atoms with E-state index in [0.717, 1.165) is 0 Å². The number of anilines is 2. The van der Waals surface area contributed by atoms with E-state index in [4.69, 9.17) is 39.2 Å². The zero-order valence-electron chi connectivity index (χ0n) is 10.3. The Morgan fingerprint density at radius 3 is 2.50 bits per heavy atom. The summed E-state index contributed by atoms with van der Waals surface area (Å²) in [6, 6.07) is 3.99. The topological polar surface area (TPSA) is 63.0 Å². The van der Waals surface area contributed by atoms with Crippen LogP contribution in [0.25, 0.3) is 0 Å². The molecule has 2 aromatic rings. The average Bonchev–Trinajstić information content (AvgIpc) is 3.11. The van der Waals surface area contributed by atoms with Crippen LogP contribution in [0.15, 0.2) is 16.5 Å². The second kappa shape index (κ2) is 5.77. The van der Waals surface area contributed by atoms with Crippen LogP contribution in [0.1, 0.15) is 18.7 Å². The smallest absolute Gasteiger partial charge is 0.320 e. The molecule has 1 aliphatic carbocycles. The van der Waals surface area contributed by atoms with Crippen molar-refractivity contribution in [3.05, 3.63) is 33.1 Å². The highest BCUT2D eigenvalue weighted by atomic mass is 35.5. The molecular formula is C12H11Cl3N4O. The van der Waals surface area contributed by atoms with Gasteiger partial charge >= 0.3 is 6.01 Å². The number of aromatic nitrogens is 2. The second-order valence-electron chi connectivity index (χ2n) is 4.53. The maximum atomic E-state index is 6.07. The van der Waals surface area contributed by atoms with Crippen molar-refractivity contribution in [1.82, 2.24) is 15.5 Å². The van der Waals surface area contributed by atoms with Crippen molar-refractivity contribution in [3.63, 3.8) is 0 Å². The Labute approximate surface area is 130 Å². The lowest BCUT2D eigenvalue weighted by Crippen LogP contribution is -2.15. The van der Waals surface area contributed by atoms with Gasteiger partial charge in [0.2, 0.25) is 5.89 Å². The Morgan fingerprint density at radius 2 is 1.85 bits per heavy atom. The van der Waals surface area contributed by atoms with Crippen molar-refractivity contribution >= 4 is 46.5 Å². The van der Waals surface area contributed by atoms with Crippen LogP contribution in [0, 0.1) is 0 Å². The molecular weight excluding hydrogens is 323 g/mol. The fourth-order valence-corrected chi connectivity index (χ4v) is 2.57. The van der Waals surface area contributed by atoms with Crippen molar-refractivity contribution < 1.29 is 4.42 Å². The predicted molar refractivity (Wildman–Crippen MR) is 78.9 cm³/mol. The van der Waals surface area contributed by atoms with E-state index in [1.165, 1.54) is 12.8 Å². The summed E-state index contributed by atoms with van der Waals surface area (Å²) in [5.74, 6) is 0.514. The van der Waals surface area contributed by atoms with Gasteiger partial charge in [-0.05, 0) is 25.0 Å². The molecule has 0 amide bonds. The third-order valence-electron chi connectivity index (χ3n) is 2.82. The number of benzene rings is 1. The third-order valence-corrected chi connectivity index (χ3v) is 3.64. The number of rotatable bonds is 5. The fourth-order valence-electron chi connectivity index (χ4n) is 1.66. The Kier molecular flexibility index (Phi) is 4.03. The lowest BCUT2D eigenvalue weighted by atomic mass is 10.3. The molecule has 1 aromatic carbocycles. The minimum absolute atomic E-state index is 0.240. The summed E-state index contributed by atoms with van der Waals surface area (Å²) in [6.45, 7) is 0.557. The summed E-state index contributed by atoms with van der Waals surface area (Å²) < 4.78 is 5.46. The summed E-state index contributed by atoms with van der Waals surface area (Å²) in [4.78, 5) is 0. The SMILES string of the molecule is Clc1cc(Cl)c(Nc2nnc(CNC3CC3)o2)c(Cl)c1. The summed E-state index contributed by atoms with van der Waals surface area (Å²) >= 11 is 18.0. The molecule has 3 rings (SSSR count). The van der Waals surface area contributed by atoms with E-state index in [1.54, 1.807) is 12.1 Å². The maximum Gasteiger partial charge on any atom is 0.320 e. The Balaban J connectivity index is 1.70. The van der Waals surface area contributed by atoms with Gasteiger partial charge in [0.25, 0.3) is 0 Å². The van der Waals surface area contributed by atoms with Crippen molar-refractivity contribution in [1.29, 1.82) is 0 Å². The number of hydrogen-bond donors (Lipinski definition) is 2. The zero-order valence-corrected chi connectivity index (χ0v) is 12.6. The van der Waals surface area contributed by atoms with E-state index in [9.17, 15) is 0 Å². The van der Waals surface area contributed by atoms with Crippen LogP contribution in [0.3, 0.4) is 0 Å². The molecule has 0 aliphatic heterocycles. The van der Waals surface area contributed by atoms with Crippen LogP contribution in [0.4, 0.5) is 11.7 Å². The van der Waals surface area contributed by atoms with Gasteiger partial charge in [-0.25, -0.2) is 0 Å². The van der Waals surface area contributed by atoms with E-state index in [2.05, 4.69) is 20.8 Å². The first-order valence-corrected chi connectivity index (χ1v) is 7.22. The van der Waals surface area contributed by atoms with E-state index in [1.807, 2.05) is 0 Å². The first-order chi connectivity index (χ1) is 9.61. The molecule has 8 heteroatoms. The maximum absolute atomic E-state index is 6.07. The van der Waals surface area contributed by atoms with Gasteiger partial charge in [-0.1, -0.05) is 39.9 Å². The molecule has 0 spiro atoms. The molecule has 1 aliphatic rings. The highest BCUT2D eigenvalue weighted by Gasteiger charge is 2.21. The summed E-state index contributed by atoms with van der Waals surface area (Å²) in [7, 11) is 0. The molecule has 0 bridgehead atoms. The van der Waals surface area contributed by atoms with Crippen molar-refractivity contribution in [2.24, 2.45) is 0 Å². The standard InChI is InChI=1S/C12H11Cl3N4O/c13-6-3-8(14)11(9(15)4-6)17-12-19-18-10(20-12)5-16-7-1-2-7/h3-4,7,16H,1-2,5H2,(H,17,19). The van der Waals surface area contributed by atoms with Crippen molar-refractivity contribution in [2.75, 3.05) is 5.32 Å². The minimum Gasteiger partial charge on any atom is -0.406 e. The van der Waals surface area contributed by atoms with Crippen LogP contribution in [-0.4, -0.2) is 16.2 Å². The van der Waals surface area contributed by atoms with Gasteiger partial charge in [-0.3, -0.25) is 0 Å². The average molecular weight is 334 g/mol. The van der Waals surface area contributed by atoms with Gasteiger partial charge in [0.15, 0.2) is 0 Å². The lowest BCUT2D eigenvalue weighted by molar-refractivity contribution is 0.478. The largest absolute Gasteiger partial charge is 0.406 e. The Bertz CT molecular complexity index is 604. The molecule has 1 aromatic heterocycles. The Hall–Kier alpha value is -1.01. The summed E-state index contributed by atoms with van der Waals surface area (Å²) in [5.41, 5.74) is 0.489. The van der Waals surface area contributed by atoms with Gasteiger partial charge in [-0.15, -0.1) is 5.10 Å². The normalized spacial score (nSPS) is 14.6. The van der Waals surface area contributed by atoms with Crippen molar-refractivity contribution in [2.45, 2.75) is 25.4 Å². The second-order valence-corrected chi connectivity index (χ2v) is 5.78. The van der Waals surface area contributed by atoms with Gasteiger partial charge in [0.1, 0.15) is 0 Å². The van der Waals surface area contributed by atoms with Gasteiger partial charge < -0.3 is 15.1 Å². The van der Waals surface area contributed by atoms with Gasteiger partial charge in [0, 0.05) is 11.1 Å². The number of halogens is 3. The molecule has 0 saturated heterocycles. The van der Waals surface area contributed by atoms with Crippen LogP contribution in [-0.2, 0) is 6.54 Å². The molecule has 2 N–H and O–H groups in total. The minimum atomic E-state index is 0.240. The van der Waals surface area contributed by atoms with E-state index >= 15 is 0 Å². The summed E-state index contributed by atoms with van der Waals surface area (Å²) in [5, 5.41) is 15.3. The molecule has 1 fully saturated rings. The fraction of sp³-hybridized carbons (Fsp3) is 0.333. The molecule has 20 heavy (non-hydrogen) atoms. The molecule has 0 radical (unpaired) electrons. The quantitative estimate of drug-likeness (QED) is 0.865. The molecule has 0 atom stereocenters. The highest BCUT2D eigenvalue weighted by Crippen LogP contribution is 2.35. The van der Waals surface area contributed by atoms with Crippen LogP contribution in [0.2, 0.25) is 15.1 Å². The summed E-state index contributed by atoms with van der Waals surface area (Å²) in [6.07, 6.45) is 2.41. The monoisotopic (exact) mass is 332 g/mol. The first-order valence-electron chi connectivity index (χ1n) is 6.09.